The number of carbonyl (C=O) groups is 1. The molecule has 1 N–H and O–H groups in total. The Balaban J connectivity index is 2.80. The standard InChI is InChI=1S/C12H14ClNO2/c1-2-7-14(8-9-15)12(16)10-3-5-11(13)6-4-10/h2-6,15H,1,7-9H2. The number of halogens is 1. The maximum absolute atomic E-state index is 12.0. The van der Waals surface area contributed by atoms with E-state index in [2.05, 4.69) is 6.58 Å². The number of hydrogen-bond donors (Lipinski definition) is 1. The molecule has 86 valence electrons. The van der Waals surface area contributed by atoms with Crippen LogP contribution in [0.25, 0.3) is 0 Å². The summed E-state index contributed by atoms with van der Waals surface area (Å²) in [6.07, 6.45) is 1.63. The third-order valence-corrected chi connectivity index (χ3v) is 2.35. The molecule has 1 aromatic carbocycles. The van der Waals surface area contributed by atoms with E-state index in [0.29, 0.717) is 23.7 Å². The van der Waals surface area contributed by atoms with Crippen LogP contribution in [0, 0.1) is 0 Å². The number of rotatable bonds is 5. The Bertz CT molecular complexity index is 362. The minimum atomic E-state index is -0.134. The van der Waals surface area contributed by atoms with Crippen LogP contribution >= 0.6 is 11.6 Å². The zero-order chi connectivity index (χ0) is 12.0. The summed E-state index contributed by atoms with van der Waals surface area (Å²) in [6, 6.07) is 6.66. The first kappa shape index (κ1) is 12.7. The Kier molecular flexibility index (Phi) is 5.02. The number of benzene rings is 1. The van der Waals surface area contributed by atoms with E-state index in [1.807, 2.05) is 0 Å². The van der Waals surface area contributed by atoms with Crippen molar-refractivity contribution in [2.45, 2.75) is 0 Å². The quantitative estimate of drug-likeness (QED) is 0.798. The van der Waals surface area contributed by atoms with Crippen LogP contribution in [0.2, 0.25) is 5.02 Å². The molecule has 1 rings (SSSR count). The highest BCUT2D eigenvalue weighted by atomic mass is 35.5. The molecule has 0 spiro atoms. The van der Waals surface area contributed by atoms with Gasteiger partial charge in [-0.25, -0.2) is 0 Å². The van der Waals surface area contributed by atoms with E-state index in [4.69, 9.17) is 16.7 Å². The normalized spacial score (nSPS) is 9.88. The van der Waals surface area contributed by atoms with Gasteiger partial charge in [-0.1, -0.05) is 17.7 Å². The Hall–Kier alpha value is -1.32. The van der Waals surface area contributed by atoms with E-state index in [1.54, 1.807) is 30.3 Å². The van der Waals surface area contributed by atoms with Crippen LogP contribution in [-0.2, 0) is 0 Å². The Morgan fingerprint density at radius 1 is 1.44 bits per heavy atom. The highest BCUT2D eigenvalue weighted by Crippen LogP contribution is 2.11. The maximum atomic E-state index is 12.0. The van der Waals surface area contributed by atoms with Crippen molar-refractivity contribution in [3.05, 3.63) is 47.5 Å². The molecular formula is C12H14ClNO2. The predicted molar refractivity (Wildman–Crippen MR) is 64.6 cm³/mol. The largest absolute Gasteiger partial charge is 0.395 e. The minimum Gasteiger partial charge on any atom is -0.395 e. The van der Waals surface area contributed by atoms with Crippen molar-refractivity contribution in [3.8, 4) is 0 Å². The van der Waals surface area contributed by atoms with E-state index in [1.165, 1.54) is 4.90 Å². The Morgan fingerprint density at radius 2 is 2.06 bits per heavy atom. The van der Waals surface area contributed by atoms with Gasteiger partial charge in [0, 0.05) is 23.7 Å². The number of carbonyl (C=O) groups excluding carboxylic acids is 1. The van der Waals surface area contributed by atoms with Crippen molar-refractivity contribution in [1.29, 1.82) is 0 Å². The van der Waals surface area contributed by atoms with Gasteiger partial charge in [0.05, 0.1) is 6.61 Å². The van der Waals surface area contributed by atoms with Gasteiger partial charge in [-0.2, -0.15) is 0 Å². The van der Waals surface area contributed by atoms with Gasteiger partial charge in [-0.05, 0) is 24.3 Å². The molecule has 1 amide bonds. The predicted octanol–water partition coefficient (Wildman–Crippen LogP) is 1.96. The molecule has 0 bridgehead atoms. The summed E-state index contributed by atoms with van der Waals surface area (Å²) in [5.74, 6) is -0.134. The molecule has 0 aliphatic rings. The summed E-state index contributed by atoms with van der Waals surface area (Å²) in [5.41, 5.74) is 0.555. The number of nitrogens with zero attached hydrogens (tertiary/aromatic N) is 1. The minimum absolute atomic E-state index is 0.0623. The fourth-order valence-electron chi connectivity index (χ4n) is 1.33. The van der Waals surface area contributed by atoms with Crippen molar-refractivity contribution >= 4 is 17.5 Å². The summed E-state index contributed by atoms with van der Waals surface area (Å²) >= 11 is 5.74. The van der Waals surface area contributed by atoms with Gasteiger partial charge < -0.3 is 10.0 Å². The van der Waals surface area contributed by atoms with Crippen LogP contribution in [-0.4, -0.2) is 35.6 Å². The third kappa shape index (κ3) is 3.36. The van der Waals surface area contributed by atoms with Crippen molar-refractivity contribution in [2.24, 2.45) is 0 Å². The molecule has 0 aliphatic heterocycles. The molecule has 0 radical (unpaired) electrons. The van der Waals surface area contributed by atoms with Crippen molar-refractivity contribution < 1.29 is 9.90 Å². The van der Waals surface area contributed by atoms with E-state index in [-0.39, 0.29) is 12.5 Å². The van der Waals surface area contributed by atoms with Crippen LogP contribution in [0.4, 0.5) is 0 Å². The first-order chi connectivity index (χ1) is 7.69. The summed E-state index contributed by atoms with van der Waals surface area (Å²) in [7, 11) is 0. The van der Waals surface area contributed by atoms with Gasteiger partial charge >= 0.3 is 0 Å². The molecule has 3 nitrogen and oxygen atoms in total. The molecule has 0 unspecified atom stereocenters. The molecule has 0 aromatic heterocycles. The number of hydrogen-bond acceptors (Lipinski definition) is 2. The van der Waals surface area contributed by atoms with E-state index in [0.717, 1.165) is 0 Å². The van der Waals surface area contributed by atoms with Gasteiger partial charge in [-0.15, -0.1) is 6.58 Å². The van der Waals surface area contributed by atoms with Gasteiger partial charge in [0.15, 0.2) is 0 Å². The summed E-state index contributed by atoms with van der Waals surface area (Å²) in [6.45, 7) is 4.23. The Labute approximate surface area is 100.0 Å². The fourth-order valence-corrected chi connectivity index (χ4v) is 1.45. The number of aliphatic hydroxyl groups is 1. The van der Waals surface area contributed by atoms with E-state index in [9.17, 15) is 4.79 Å². The number of aliphatic hydroxyl groups excluding tert-OH is 1. The SMILES string of the molecule is C=CCN(CCO)C(=O)c1ccc(Cl)cc1. The molecule has 0 fully saturated rings. The zero-order valence-corrected chi connectivity index (χ0v) is 9.65. The van der Waals surface area contributed by atoms with Gasteiger partial charge in [0.1, 0.15) is 0 Å². The molecule has 0 saturated heterocycles. The lowest BCUT2D eigenvalue weighted by Crippen LogP contribution is -2.33. The fraction of sp³-hybridized carbons (Fsp3) is 0.250. The van der Waals surface area contributed by atoms with Crippen LogP contribution in [0.15, 0.2) is 36.9 Å². The van der Waals surface area contributed by atoms with Crippen LogP contribution < -0.4 is 0 Å². The molecule has 16 heavy (non-hydrogen) atoms. The lowest BCUT2D eigenvalue weighted by atomic mass is 10.2. The second-order valence-electron chi connectivity index (χ2n) is 3.27. The van der Waals surface area contributed by atoms with Crippen LogP contribution in [0.3, 0.4) is 0 Å². The van der Waals surface area contributed by atoms with Crippen LogP contribution in [0.5, 0.6) is 0 Å². The number of amides is 1. The van der Waals surface area contributed by atoms with Crippen molar-refractivity contribution in [2.75, 3.05) is 19.7 Å². The monoisotopic (exact) mass is 239 g/mol. The molecular weight excluding hydrogens is 226 g/mol. The molecule has 0 atom stereocenters. The lowest BCUT2D eigenvalue weighted by Gasteiger charge is -2.19. The second kappa shape index (κ2) is 6.30. The summed E-state index contributed by atoms with van der Waals surface area (Å²) < 4.78 is 0. The highest BCUT2D eigenvalue weighted by Gasteiger charge is 2.13. The third-order valence-electron chi connectivity index (χ3n) is 2.10. The first-order valence-corrected chi connectivity index (χ1v) is 5.33. The van der Waals surface area contributed by atoms with Crippen molar-refractivity contribution in [3.63, 3.8) is 0 Å². The molecule has 4 heteroatoms. The maximum Gasteiger partial charge on any atom is 0.254 e. The zero-order valence-electron chi connectivity index (χ0n) is 8.90. The Morgan fingerprint density at radius 3 is 2.56 bits per heavy atom. The first-order valence-electron chi connectivity index (χ1n) is 4.95. The molecule has 0 aliphatic carbocycles. The molecule has 0 saturated carbocycles. The molecule has 1 aromatic rings. The van der Waals surface area contributed by atoms with Gasteiger partial charge in [0.2, 0.25) is 0 Å². The highest BCUT2D eigenvalue weighted by molar-refractivity contribution is 6.30. The van der Waals surface area contributed by atoms with Gasteiger partial charge in [-0.3, -0.25) is 4.79 Å². The summed E-state index contributed by atoms with van der Waals surface area (Å²) in [5, 5.41) is 9.45. The van der Waals surface area contributed by atoms with Crippen molar-refractivity contribution in [1.82, 2.24) is 4.90 Å². The van der Waals surface area contributed by atoms with E-state index < -0.39 is 0 Å². The smallest absolute Gasteiger partial charge is 0.254 e. The molecule has 0 heterocycles. The topological polar surface area (TPSA) is 40.5 Å². The second-order valence-corrected chi connectivity index (χ2v) is 3.71. The average molecular weight is 240 g/mol. The lowest BCUT2D eigenvalue weighted by molar-refractivity contribution is 0.0743. The van der Waals surface area contributed by atoms with Gasteiger partial charge in [0.25, 0.3) is 5.91 Å². The summed E-state index contributed by atoms with van der Waals surface area (Å²) in [4.78, 5) is 13.5. The average Bonchev–Trinajstić information content (AvgIpc) is 2.29. The van der Waals surface area contributed by atoms with E-state index >= 15 is 0 Å². The van der Waals surface area contributed by atoms with Crippen LogP contribution in [0.1, 0.15) is 10.4 Å².